The van der Waals surface area contributed by atoms with Crippen molar-refractivity contribution in [2.75, 3.05) is 6.54 Å². The van der Waals surface area contributed by atoms with E-state index in [1.165, 1.54) is 19.4 Å². The zero-order valence-electron chi connectivity index (χ0n) is 19.4. The highest BCUT2D eigenvalue weighted by Crippen LogP contribution is 2.06. The van der Waals surface area contributed by atoms with Crippen LogP contribution in [-0.4, -0.2) is 36.2 Å². The van der Waals surface area contributed by atoms with Crippen molar-refractivity contribution in [1.82, 2.24) is 16.0 Å². The monoisotopic (exact) mass is 419 g/mol. The van der Waals surface area contributed by atoms with E-state index in [-0.39, 0.29) is 30.1 Å². The molecule has 30 heavy (non-hydrogen) atoms. The van der Waals surface area contributed by atoms with E-state index < -0.39 is 6.04 Å². The highest BCUT2D eigenvalue weighted by Gasteiger charge is 2.19. The van der Waals surface area contributed by atoms with Gasteiger partial charge in [0.2, 0.25) is 0 Å². The number of carbonyl (C=O) groups excluding carboxylic acids is 3. The van der Waals surface area contributed by atoms with Crippen molar-refractivity contribution in [2.24, 2.45) is 0 Å². The first-order chi connectivity index (χ1) is 14.4. The summed E-state index contributed by atoms with van der Waals surface area (Å²) >= 11 is 0. The Bertz CT molecular complexity index is 605. The van der Waals surface area contributed by atoms with Gasteiger partial charge in [0, 0.05) is 19.0 Å². The standard InChI is InChI=1S/C22H35N3O3.C2H6/c1-4-20(12-8-9-15-23-16-19-10-6-5-7-11-19)24-22(28)25-21(18(3)27)14-13-17(2)26;1-2/h5-7,10-11,20-21,23H,4,8-9,12-16H2,1-3H3,(H2,24,25,28);1-2H3. The molecule has 6 heteroatoms. The van der Waals surface area contributed by atoms with Gasteiger partial charge in [-0.15, -0.1) is 0 Å². The molecule has 0 aliphatic carbocycles. The second-order valence-electron chi connectivity index (χ2n) is 7.29. The fourth-order valence-corrected chi connectivity index (χ4v) is 2.96. The van der Waals surface area contributed by atoms with Crippen LogP contribution in [0.15, 0.2) is 30.3 Å². The van der Waals surface area contributed by atoms with E-state index in [1.54, 1.807) is 0 Å². The number of carbonyl (C=O) groups is 3. The lowest BCUT2D eigenvalue weighted by molar-refractivity contribution is -0.119. The highest BCUT2D eigenvalue weighted by atomic mass is 16.2. The SMILES string of the molecule is CC.CCC(CCCCNCc1ccccc1)NC(=O)NC(CCC(C)=O)C(C)=O. The average molecular weight is 420 g/mol. The summed E-state index contributed by atoms with van der Waals surface area (Å²) in [7, 11) is 0. The minimum atomic E-state index is -0.608. The number of urea groups is 1. The van der Waals surface area contributed by atoms with Gasteiger partial charge in [-0.1, -0.05) is 57.5 Å². The molecule has 0 saturated heterocycles. The number of hydrogen-bond donors (Lipinski definition) is 3. The molecule has 2 unspecified atom stereocenters. The van der Waals surface area contributed by atoms with Crippen LogP contribution in [0.5, 0.6) is 0 Å². The van der Waals surface area contributed by atoms with Crippen LogP contribution in [0.2, 0.25) is 0 Å². The van der Waals surface area contributed by atoms with E-state index in [0.717, 1.165) is 38.8 Å². The van der Waals surface area contributed by atoms with Gasteiger partial charge in [-0.25, -0.2) is 4.79 Å². The van der Waals surface area contributed by atoms with Crippen molar-refractivity contribution in [3.05, 3.63) is 35.9 Å². The van der Waals surface area contributed by atoms with Crippen LogP contribution in [-0.2, 0) is 16.1 Å². The van der Waals surface area contributed by atoms with Crippen molar-refractivity contribution in [1.29, 1.82) is 0 Å². The van der Waals surface area contributed by atoms with E-state index in [9.17, 15) is 14.4 Å². The number of Topliss-reactive ketones (excluding diaryl/α,β-unsaturated/α-hetero) is 2. The number of amides is 2. The van der Waals surface area contributed by atoms with Crippen LogP contribution >= 0.6 is 0 Å². The minimum Gasteiger partial charge on any atom is -0.335 e. The second kappa shape index (κ2) is 17.6. The first-order valence-corrected chi connectivity index (χ1v) is 11.2. The third-order valence-corrected chi connectivity index (χ3v) is 4.74. The summed E-state index contributed by atoms with van der Waals surface area (Å²) < 4.78 is 0. The number of hydrogen-bond acceptors (Lipinski definition) is 4. The zero-order valence-corrected chi connectivity index (χ0v) is 19.4. The topological polar surface area (TPSA) is 87.3 Å². The second-order valence-corrected chi connectivity index (χ2v) is 7.29. The minimum absolute atomic E-state index is 0.0146. The van der Waals surface area contributed by atoms with Gasteiger partial charge >= 0.3 is 6.03 Å². The lowest BCUT2D eigenvalue weighted by Crippen LogP contribution is -2.48. The molecule has 0 spiro atoms. The molecule has 0 bridgehead atoms. The normalized spacial score (nSPS) is 12.2. The molecular weight excluding hydrogens is 378 g/mol. The molecule has 0 radical (unpaired) electrons. The predicted molar refractivity (Wildman–Crippen MR) is 123 cm³/mol. The molecule has 170 valence electrons. The van der Waals surface area contributed by atoms with E-state index in [1.807, 2.05) is 39.0 Å². The lowest BCUT2D eigenvalue weighted by atomic mass is 10.1. The zero-order chi connectivity index (χ0) is 22.8. The number of rotatable bonds is 14. The lowest BCUT2D eigenvalue weighted by Gasteiger charge is -2.20. The van der Waals surface area contributed by atoms with Crippen LogP contribution in [0.3, 0.4) is 0 Å². The Hall–Kier alpha value is -2.21. The molecular formula is C24H41N3O3. The maximum Gasteiger partial charge on any atom is 0.315 e. The van der Waals surface area contributed by atoms with Gasteiger partial charge in [0.1, 0.15) is 5.78 Å². The van der Waals surface area contributed by atoms with Crippen molar-refractivity contribution < 1.29 is 14.4 Å². The Morgan fingerprint density at radius 2 is 1.60 bits per heavy atom. The summed E-state index contributed by atoms with van der Waals surface area (Å²) in [6, 6.07) is 9.43. The number of nitrogens with one attached hydrogen (secondary N) is 3. The fraction of sp³-hybridized carbons (Fsp3) is 0.625. The Kier molecular flexibility index (Phi) is 16.3. The number of benzene rings is 1. The van der Waals surface area contributed by atoms with E-state index in [4.69, 9.17) is 0 Å². The van der Waals surface area contributed by atoms with Crippen molar-refractivity contribution >= 4 is 17.6 Å². The van der Waals surface area contributed by atoms with E-state index >= 15 is 0 Å². The predicted octanol–water partition coefficient (Wildman–Crippen LogP) is 4.38. The van der Waals surface area contributed by atoms with Gasteiger partial charge in [-0.05, 0) is 51.6 Å². The van der Waals surface area contributed by atoms with Crippen LogP contribution in [0.25, 0.3) is 0 Å². The van der Waals surface area contributed by atoms with Gasteiger partial charge in [-0.2, -0.15) is 0 Å². The molecule has 2 atom stereocenters. The Labute approximate surface area is 182 Å². The van der Waals surface area contributed by atoms with Crippen LogP contribution < -0.4 is 16.0 Å². The Balaban J connectivity index is 0.00000407. The molecule has 3 N–H and O–H groups in total. The Morgan fingerprint density at radius 3 is 2.17 bits per heavy atom. The summed E-state index contributed by atoms with van der Waals surface area (Å²) in [6.07, 6.45) is 4.43. The van der Waals surface area contributed by atoms with E-state index in [0.29, 0.717) is 6.42 Å². The Morgan fingerprint density at radius 1 is 0.933 bits per heavy atom. The molecule has 0 aliphatic rings. The molecule has 6 nitrogen and oxygen atoms in total. The van der Waals surface area contributed by atoms with Crippen LogP contribution in [0.1, 0.15) is 78.7 Å². The molecule has 0 saturated carbocycles. The third-order valence-electron chi connectivity index (χ3n) is 4.74. The summed E-state index contributed by atoms with van der Waals surface area (Å²) in [5, 5.41) is 9.08. The molecule has 0 heterocycles. The smallest absolute Gasteiger partial charge is 0.315 e. The van der Waals surface area contributed by atoms with Crippen LogP contribution in [0.4, 0.5) is 4.79 Å². The number of unbranched alkanes of at least 4 members (excludes halogenated alkanes) is 1. The first-order valence-electron chi connectivity index (χ1n) is 11.2. The maximum atomic E-state index is 12.2. The molecule has 1 aromatic carbocycles. The van der Waals surface area contributed by atoms with Crippen molar-refractivity contribution in [2.45, 2.75) is 91.8 Å². The summed E-state index contributed by atoms with van der Waals surface area (Å²) in [4.78, 5) is 35.0. The summed E-state index contributed by atoms with van der Waals surface area (Å²) in [5.74, 6) is -0.116. The highest BCUT2D eigenvalue weighted by molar-refractivity contribution is 5.87. The van der Waals surface area contributed by atoms with Crippen molar-refractivity contribution in [3.8, 4) is 0 Å². The fourth-order valence-electron chi connectivity index (χ4n) is 2.96. The van der Waals surface area contributed by atoms with Crippen LogP contribution in [0, 0.1) is 0 Å². The molecule has 1 aromatic rings. The largest absolute Gasteiger partial charge is 0.335 e. The third kappa shape index (κ3) is 13.9. The quantitative estimate of drug-likeness (QED) is 0.391. The first kappa shape index (κ1) is 27.8. The molecule has 0 aliphatic heterocycles. The van der Waals surface area contributed by atoms with Gasteiger partial charge in [-0.3, -0.25) is 4.79 Å². The molecule has 0 aromatic heterocycles. The molecule has 2 amide bonds. The molecule has 0 fully saturated rings. The number of ketones is 2. The summed E-state index contributed by atoms with van der Waals surface area (Å²) in [5.41, 5.74) is 1.28. The van der Waals surface area contributed by atoms with Crippen molar-refractivity contribution in [3.63, 3.8) is 0 Å². The molecule has 1 rings (SSSR count). The van der Waals surface area contributed by atoms with E-state index in [2.05, 4.69) is 28.1 Å². The van der Waals surface area contributed by atoms with Gasteiger partial charge in [0.25, 0.3) is 0 Å². The van der Waals surface area contributed by atoms with Gasteiger partial charge < -0.3 is 20.7 Å². The van der Waals surface area contributed by atoms with Gasteiger partial charge in [0.15, 0.2) is 5.78 Å². The summed E-state index contributed by atoms with van der Waals surface area (Å²) in [6.45, 7) is 10.8. The average Bonchev–Trinajstić information content (AvgIpc) is 2.74. The maximum absolute atomic E-state index is 12.2. The van der Waals surface area contributed by atoms with Gasteiger partial charge in [0.05, 0.1) is 6.04 Å².